The molecule has 0 bridgehead atoms. The molecule has 0 unspecified atom stereocenters. The first kappa shape index (κ1) is 14.7. The zero-order chi connectivity index (χ0) is 13.8. The lowest BCUT2D eigenvalue weighted by atomic mass is 9.91. The van der Waals surface area contributed by atoms with Gasteiger partial charge in [0.15, 0.2) is 5.89 Å². The third-order valence-electron chi connectivity index (χ3n) is 2.38. The summed E-state index contributed by atoms with van der Waals surface area (Å²) < 4.78 is 10.6. The van der Waals surface area contributed by atoms with E-state index in [1.165, 1.54) is 0 Å². The van der Waals surface area contributed by atoms with E-state index in [-0.39, 0.29) is 11.2 Å². The van der Waals surface area contributed by atoms with Crippen molar-refractivity contribution in [3.63, 3.8) is 0 Å². The molecule has 0 aliphatic heterocycles. The molecule has 0 aromatic carbocycles. The Bertz CT molecular complexity index is 404. The molecule has 5 nitrogen and oxygen atoms in total. The monoisotopic (exact) mass is 255 g/mol. The molecule has 0 saturated heterocycles. The minimum absolute atomic E-state index is 0.0620. The molecule has 0 amide bonds. The largest absolute Gasteiger partial charge is 0.475 e. The van der Waals surface area contributed by atoms with Gasteiger partial charge in [-0.25, -0.2) is 9.78 Å². The summed E-state index contributed by atoms with van der Waals surface area (Å²) in [5.41, 5.74) is 0.139. The molecule has 0 aliphatic rings. The fraction of sp³-hybridized carbons (Fsp3) is 0.692. The summed E-state index contributed by atoms with van der Waals surface area (Å²) in [6.07, 6.45) is 1.45. The topological polar surface area (TPSA) is 72.6 Å². The molecule has 1 rings (SSSR count). The molecule has 0 atom stereocenters. The average molecular weight is 255 g/mol. The highest BCUT2D eigenvalue weighted by Crippen LogP contribution is 2.26. The van der Waals surface area contributed by atoms with Gasteiger partial charge in [-0.1, -0.05) is 27.7 Å². The lowest BCUT2D eigenvalue weighted by molar-refractivity contribution is 0.0654. The van der Waals surface area contributed by atoms with Crippen LogP contribution in [0.25, 0.3) is 0 Å². The van der Waals surface area contributed by atoms with Crippen LogP contribution in [-0.2, 0) is 16.6 Å². The Labute approximate surface area is 107 Å². The number of ether oxygens (including phenoxy) is 1. The Morgan fingerprint density at radius 1 is 1.39 bits per heavy atom. The second kappa shape index (κ2) is 6.00. The van der Waals surface area contributed by atoms with Crippen LogP contribution in [-0.4, -0.2) is 29.3 Å². The Morgan fingerprint density at radius 2 is 2.06 bits per heavy atom. The van der Waals surface area contributed by atoms with Crippen LogP contribution >= 0.6 is 0 Å². The summed E-state index contributed by atoms with van der Waals surface area (Å²) >= 11 is 0. The molecule has 102 valence electrons. The van der Waals surface area contributed by atoms with Crippen LogP contribution in [0.15, 0.2) is 4.42 Å². The molecule has 0 saturated carbocycles. The lowest BCUT2D eigenvalue weighted by Gasteiger charge is -2.14. The molecule has 0 radical (unpaired) electrons. The van der Waals surface area contributed by atoms with Gasteiger partial charge in [0.05, 0.1) is 12.3 Å². The maximum atomic E-state index is 11.1. The molecule has 1 aromatic rings. The number of aromatic nitrogens is 1. The van der Waals surface area contributed by atoms with E-state index in [1.807, 2.05) is 27.7 Å². The van der Waals surface area contributed by atoms with E-state index in [0.29, 0.717) is 31.2 Å². The molecule has 1 aromatic heterocycles. The molecule has 0 aliphatic carbocycles. The van der Waals surface area contributed by atoms with Crippen LogP contribution in [0.5, 0.6) is 0 Å². The maximum Gasteiger partial charge on any atom is 0.373 e. The predicted octanol–water partition coefficient (Wildman–Crippen LogP) is 2.64. The quantitative estimate of drug-likeness (QED) is 0.791. The molecule has 0 fully saturated rings. The number of rotatable bonds is 6. The van der Waals surface area contributed by atoms with E-state index < -0.39 is 5.97 Å². The van der Waals surface area contributed by atoms with Crippen molar-refractivity contribution in [2.24, 2.45) is 0 Å². The van der Waals surface area contributed by atoms with Gasteiger partial charge in [0.1, 0.15) is 0 Å². The van der Waals surface area contributed by atoms with E-state index in [0.717, 1.165) is 6.42 Å². The number of oxazole rings is 1. The third kappa shape index (κ3) is 3.84. The van der Waals surface area contributed by atoms with Crippen LogP contribution < -0.4 is 0 Å². The normalized spacial score (nSPS) is 11.8. The molecule has 1 N–H and O–H groups in total. The molecular weight excluding hydrogens is 234 g/mol. The van der Waals surface area contributed by atoms with Crippen LogP contribution in [0.1, 0.15) is 56.3 Å². The molecule has 5 heteroatoms. The van der Waals surface area contributed by atoms with Crippen molar-refractivity contribution in [3.05, 3.63) is 17.3 Å². The fourth-order valence-electron chi connectivity index (χ4n) is 1.53. The van der Waals surface area contributed by atoms with Crippen LogP contribution in [0.4, 0.5) is 0 Å². The molecule has 1 heterocycles. The van der Waals surface area contributed by atoms with Crippen molar-refractivity contribution in [3.8, 4) is 0 Å². The number of hydrogen-bond donors (Lipinski definition) is 1. The number of aromatic carboxylic acids is 1. The van der Waals surface area contributed by atoms with Gasteiger partial charge < -0.3 is 14.3 Å². The standard InChI is InChI=1S/C13H21NO4/c1-5-7-17-8-6-9-14-11(13(2,3)4)10(18-9)12(15)16/h5-8H2,1-4H3,(H,15,16). The van der Waals surface area contributed by atoms with E-state index in [9.17, 15) is 4.79 Å². The van der Waals surface area contributed by atoms with Crippen molar-refractivity contribution >= 4 is 5.97 Å². The number of carboxylic acid groups (broad SMARTS) is 1. The van der Waals surface area contributed by atoms with Gasteiger partial charge in [0, 0.05) is 18.4 Å². The number of carboxylic acids is 1. The minimum Gasteiger partial charge on any atom is -0.475 e. The van der Waals surface area contributed by atoms with Gasteiger partial charge in [-0.2, -0.15) is 0 Å². The van der Waals surface area contributed by atoms with Gasteiger partial charge in [-0.3, -0.25) is 0 Å². The number of nitrogens with zero attached hydrogens (tertiary/aromatic N) is 1. The zero-order valence-electron chi connectivity index (χ0n) is 11.4. The van der Waals surface area contributed by atoms with Gasteiger partial charge in [0.25, 0.3) is 0 Å². The fourth-order valence-corrected chi connectivity index (χ4v) is 1.53. The second-order valence-corrected chi connectivity index (χ2v) is 5.20. The van der Waals surface area contributed by atoms with Gasteiger partial charge in [-0.15, -0.1) is 0 Å². The molecule has 18 heavy (non-hydrogen) atoms. The summed E-state index contributed by atoms with van der Waals surface area (Å²) in [6, 6.07) is 0. The van der Waals surface area contributed by atoms with Crippen molar-refractivity contribution in [1.29, 1.82) is 0 Å². The summed E-state index contributed by atoms with van der Waals surface area (Å²) in [7, 11) is 0. The van der Waals surface area contributed by atoms with Gasteiger partial charge in [-0.05, 0) is 6.42 Å². The number of carbonyl (C=O) groups is 1. The minimum atomic E-state index is -1.08. The highest BCUT2D eigenvalue weighted by molar-refractivity contribution is 5.86. The highest BCUT2D eigenvalue weighted by atomic mass is 16.5. The van der Waals surface area contributed by atoms with E-state index in [2.05, 4.69) is 4.98 Å². The van der Waals surface area contributed by atoms with Gasteiger partial charge >= 0.3 is 5.97 Å². The Balaban J connectivity index is 2.80. The Kier molecular flexibility index (Phi) is 4.90. The zero-order valence-corrected chi connectivity index (χ0v) is 11.4. The van der Waals surface area contributed by atoms with Crippen LogP contribution in [0, 0.1) is 0 Å². The lowest BCUT2D eigenvalue weighted by Crippen LogP contribution is -2.16. The van der Waals surface area contributed by atoms with Crippen molar-refractivity contribution in [1.82, 2.24) is 4.98 Å². The highest BCUT2D eigenvalue weighted by Gasteiger charge is 2.28. The number of hydrogen-bond acceptors (Lipinski definition) is 4. The van der Waals surface area contributed by atoms with E-state index in [1.54, 1.807) is 0 Å². The first-order valence-corrected chi connectivity index (χ1v) is 6.17. The summed E-state index contributed by atoms with van der Waals surface area (Å²) in [4.78, 5) is 15.4. The first-order chi connectivity index (χ1) is 8.36. The Hall–Kier alpha value is -1.36. The van der Waals surface area contributed by atoms with E-state index in [4.69, 9.17) is 14.3 Å². The van der Waals surface area contributed by atoms with Crippen molar-refractivity contribution < 1.29 is 19.1 Å². The van der Waals surface area contributed by atoms with Crippen LogP contribution in [0.2, 0.25) is 0 Å². The second-order valence-electron chi connectivity index (χ2n) is 5.20. The molecule has 0 spiro atoms. The van der Waals surface area contributed by atoms with Crippen LogP contribution in [0.3, 0.4) is 0 Å². The Morgan fingerprint density at radius 3 is 2.50 bits per heavy atom. The van der Waals surface area contributed by atoms with Gasteiger partial charge in [0.2, 0.25) is 5.76 Å². The average Bonchev–Trinajstić information content (AvgIpc) is 2.68. The van der Waals surface area contributed by atoms with Crippen molar-refractivity contribution in [2.45, 2.75) is 46.0 Å². The molecular formula is C13H21NO4. The maximum absolute atomic E-state index is 11.1. The first-order valence-electron chi connectivity index (χ1n) is 6.17. The van der Waals surface area contributed by atoms with E-state index >= 15 is 0 Å². The summed E-state index contributed by atoms with van der Waals surface area (Å²) in [6.45, 7) is 8.96. The predicted molar refractivity (Wildman–Crippen MR) is 67.0 cm³/mol. The smallest absolute Gasteiger partial charge is 0.373 e. The van der Waals surface area contributed by atoms with Crippen molar-refractivity contribution in [2.75, 3.05) is 13.2 Å². The third-order valence-corrected chi connectivity index (χ3v) is 2.38. The summed E-state index contributed by atoms with van der Waals surface area (Å²) in [5.74, 6) is -0.713. The SMILES string of the molecule is CCCOCCc1nc(C(C)(C)C)c(C(=O)O)o1. The summed E-state index contributed by atoms with van der Waals surface area (Å²) in [5, 5.41) is 9.09.